The second-order valence-corrected chi connectivity index (χ2v) is 5.62. The summed E-state index contributed by atoms with van der Waals surface area (Å²) in [6, 6.07) is 9.17. The van der Waals surface area contributed by atoms with Gasteiger partial charge in [0.2, 0.25) is 0 Å². The molecular formula is C14H10BrClN2O3. The molecule has 0 heterocycles. The Hall–Kier alpha value is -1.92. The van der Waals surface area contributed by atoms with Gasteiger partial charge in [0.25, 0.3) is 11.6 Å². The molecule has 0 unspecified atom stereocenters. The summed E-state index contributed by atoms with van der Waals surface area (Å²) < 4.78 is 0.720. The molecule has 0 saturated carbocycles. The van der Waals surface area contributed by atoms with Gasteiger partial charge in [-0.25, -0.2) is 0 Å². The van der Waals surface area contributed by atoms with Gasteiger partial charge in [0.1, 0.15) is 0 Å². The Morgan fingerprint density at radius 3 is 2.62 bits per heavy atom. The van der Waals surface area contributed by atoms with E-state index in [2.05, 4.69) is 21.2 Å². The summed E-state index contributed by atoms with van der Waals surface area (Å²) in [6.07, 6.45) is 0. The second kappa shape index (κ2) is 6.24. The lowest BCUT2D eigenvalue weighted by atomic mass is 10.1. The van der Waals surface area contributed by atoms with E-state index < -0.39 is 10.8 Å². The maximum atomic E-state index is 12.2. The van der Waals surface area contributed by atoms with Crippen molar-refractivity contribution < 1.29 is 9.72 Å². The van der Waals surface area contributed by atoms with Gasteiger partial charge in [-0.1, -0.05) is 17.7 Å². The van der Waals surface area contributed by atoms with Crippen LogP contribution in [0.4, 0.5) is 11.4 Å². The van der Waals surface area contributed by atoms with Crippen molar-refractivity contribution in [2.75, 3.05) is 5.32 Å². The van der Waals surface area contributed by atoms with Crippen LogP contribution >= 0.6 is 27.5 Å². The largest absolute Gasteiger partial charge is 0.321 e. The fraction of sp³-hybridized carbons (Fsp3) is 0.0714. The van der Waals surface area contributed by atoms with Gasteiger partial charge >= 0.3 is 0 Å². The molecule has 0 spiro atoms. The van der Waals surface area contributed by atoms with Crippen LogP contribution in [0, 0.1) is 17.0 Å². The SMILES string of the molecule is Cc1ccc(NC(=O)c2cc([N+](=O)[O-])ccc2Cl)c(Br)c1. The number of hydrogen-bond acceptors (Lipinski definition) is 3. The molecule has 2 rings (SSSR count). The molecule has 0 aliphatic heterocycles. The molecule has 2 aromatic carbocycles. The van der Waals surface area contributed by atoms with Crippen LogP contribution in [0.1, 0.15) is 15.9 Å². The lowest BCUT2D eigenvalue weighted by Gasteiger charge is -2.09. The van der Waals surface area contributed by atoms with E-state index in [0.717, 1.165) is 16.1 Å². The zero-order valence-corrected chi connectivity index (χ0v) is 13.2. The second-order valence-electron chi connectivity index (χ2n) is 4.36. The van der Waals surface area contributed by atoms with Gasteiger partial charge < -0.3 is 5.32 Å². The van der Waals surface area contributed by atoms with Crippen molar-refractivity contribution in [3.63, 3.8) is 0 Å². The summed E-state index contributed by atoms with van der Waals surface area (Å²) in [5, 5.41) is 13.6. The Bertz CT molecular complexity index is 734. The molecule has 2 aromatic rings. The van der Waals surface area contributed by atoms with E-state index in [1.807, 2.05) is 19.1 Å². The number of nitro benzene ring substituents is 1. The molecule has 5 nitrogen and oxygen atoms in total. The Balaban J connectivity index is 2.32. The number of aryl methyl sites for hydroxylation is 1. The van der Waals surface area contributed by atoms with Gasteiger partial charge in [-0.3, -0.25) is 14.9 Å². The van der Waals surface area contributed by atoms with E-state index in [4.69, 9.17) is 11.6 Å². The lowest BCUT2D eigenvalue weighted by Crippen LogP contribution is -2.13. The van der Waals surface area contributed by atoms with E-state index in [1.165, 1.54) is 12.1 Å². The molecule has 0 atom stereocenters. The number of nitrogens with one attached hydrogen (secondary N) is 1. The van der Waals surface area contributed by atoms with Crippen molar-refractivity contribution in [2.45, 2.75) is 6.92 Å². The van der Waals surface area contributed by atoms with Crippen molar-refractivity contribution in [2.24, 2.45) is 0 Å². The molecule has 108 valence electrons. The van der Waals surface area contributed by atoms with Gasteiger partial charge in [0.05, 0.1) is 21.2 Å². The molecule has 0 aliphatic rings. The summed E-state index contributed by atoms with van der Waals surface area (Å²) in [4.78, 5) is 22.4. The van der Waals surface area contributed by atoms with Crippen LogP contribution < -0.4 is 5.32 Å². The highest BCUT2D eigenvalue weighted by atomic mass is 79.9. The molecule has 0 aromatic heterocycles. The van der Waals surface area contributed by atoms with E-state index in [1.54, 1.807) is 6.07 Å². The highest BCUT2D eigenvalue weighted by Crippen LogP contribution is 2.26. The van der Waals surface area contributed by atoms with Crippen molar-refractivity contribution in [1.82, 2.24) is 0 Å². The number of rotatable bonds is 3. The van der Waals surface area contributed by atoms with Crippen molar-refractivity contribution in [1.29, 1.82) is 0 Å². The summed E-state index contributed by atoms with van der Waals surface area (Å²) in [5.74, 6) is -0.506. The molecule has 1 amide bonds. The monoisotopic (exact) mass is 368 g/mol. The molecular weight excluding hydrogens is 360 g/mol. The number of nitro groups is 1. The van der Waals surface area contributed by atoms with Crippen LogP contribution in [-0.2, 0) is 0 Å². The number of hydrogen-bond donors (Lipinski definition) is 1. The van der Waals surface area contributed by atoms with E-state index >= 15 is 0 Å². The van der Waals surface area contributed by atoms with E-state index in [0.29, 0.717) is 5.69 Å². The van der Waals surface area contributed by atoms with Crippen LogP contribution in [0.5, 0.6) is 0 Å². The summed E-state index contributed by atoms with van der Waals surface area (Å²) >= 11 is 9.28. The molecule has 0 fully saturated rings. The van der Waals surface area contributed by atoms with Gasteiger partial charge in [-0.05, 0) is 46.6 Å². The normalized spacial score (nSPS) is 10.2. The van der Waals surface area contributed by atoms with Crippen molar-refractivity contribution in [3.8, 4) is 0 Å². The lowest BCUT2D eigenvalue weighted by molar-refractivity contribution is -0.384. The average molecular weight is 370 g/mol. The Labute approximate surface area is 134 Å². The highest BCUT2D eigenvalue weighted by molar-refractivity contribution is 9.10. The molecule has 1 N–H and O–H groups in total. The third-order valence-corrected chi connectivity index (χ3v) is 3.76. The first kappa shape index (κ1) is 15.5. The standard InChI is InChI=1S/C14H10BrClN2O3/c1-8-2-5-13(11(15)6-8)17-14(19)10-7-9(18(20)21)3-4-12(10)16/h2-7H,1H3,(H,17,19). The fourth-order valence-electron chi connectivity index (χ4n) is 1.71. The molecule has 7 heteroatoms. The average Bonchev–Trinajstić information content (AvgIpc) is 2.42. The highest BCUT2D eigenvalue weighted by Gasteiger charge is 2.16. The molecule has 0 aliphatic carbocycles. The van der Waals surface area contributed by atoms with Gasteiger partial charge in [-0.15, -0.1) is 0 Å². The molecule has 0 bridgehead atoms. The predicted molar refractivity (Wildman–Crippen MR) is 84.9 cm³/mol. The van der Waals surface area contributed by atoms with Crippen LogP contribution in [0.2, 0.25) is 5.02 Å². The van der Waals surface area contributed by atoms with Crippen LogP contribution in [0.3, 0.4) is 0 Å². The minimum Gasteiger partial charge on any atom is -0.321 e. The summed E-state index contributed by atoms with van der Waals surface area (Å²) in [6.45, 7) is 1.92. The number of carbonyl (C=O) groups is 1. The smallest absolute Gasteiger partial charge is 0.270 e. The Kier molecular flexibility index (Phi) is 4.59. The Morgan fingerprint density at radius 2 is 2.00 bits per heavy atom. The van der Waals surface area contributed by atoms with E-state index in [-0.39, 0.29) is 16.3 Å². The predicted octanol–water partition coefficient (Wildman–Crippen LogP) is 4.57. The number of amides is 1. The first-order valence-electron chi connectivity index (χ1n) is 5.90. The maximum Gasteiger partial charge on any atom is 0.270 e. The maximum absolute atomic E-state index is 12.2. The quantitative estimate of drug-likeness (QED) is 0.636. The fourth-order valence-corrected chi connectivity index (χ4v) is 2.51. The molecule has 0 saturated heterocycles. The third kappa shape index (κ3) is 3.59. The number of carbonyl (C=O) groups excluding carboxylic acids is 1. The van der Waals surface area contributed by atoms with Crippen LogP contribution in [0.25, 0.3) is 0 Å². The first-order valence-corrected chi connectivity index (χ1v) is 7.07. The number of halogens is 2. The van der Waals surface area contributed by atoms with Crippen LogP contribution in [-0.4, -0.2) is 10.8 Å². The zero-order valence-electron chi connectivity index (χ0n) is 10.9. The zero-order chi connectivity index (χ0) is 15.6. The molecule has 0 radical (unpaired) electrons. The minimum atomic E-state index is -0.575. The van der Waals surface area contributed by atoms with Gasteiger partial charge in [-0.2, -0.15) is 0 Å². The topological polar surface area (TPSA) is 72.2 Å². The number of anilines is 1. The third-order valence-electron chi connectivity index (χ3n) is 2.78. The Morgan fingerprint density at radius 1 is 1.29 bits per heavy atom. The number of nitrogens with zero attached hydrogens (tertiary/aromatic N) is 1. The number of non-ortho nitro benzene ring substituents is 1. The summed E-state index contributed by atoms with van der Waals surface area (Å²) in [5.41, 5.74) is 1.47. The molecule has 21 heavy (non-hydrogen) atoms. The van der Waals surface area contributed by atoms with Gasteiger partial charge in [0.15, 0.2) is 0 Å². The van der Waals surface area contributed by atoms with E-state index in [9.17, 15) is 14.9 Å². The van der Waals surface area contributed by atoms with Crippen molar-refractivity contribution >= 4 is 44.8 Å². The van der Waals surface area contributed by atoms with Gasteiger partial charge in [0, 0.05) is 16.6 Å². The van der Waals surface area contributed by atoms with Crippen molar-refractivity contribution in [3.05, 3.63) is 67.1 Å². The first-order chi connectivity index (χ1) is 9.88. The summed E-state index contributed by atoms with van der Waals surface area (Å²) in [7, 11) is 0. The van der Waals surface area contributed by atoms with Crippen LogP contribution in [0.15, 0.2) is 40.9 Å². The minimum absolute atomic E-state index is 0.0540. The number of benzene rings is 2.